The molecule has 0 amide bonds. The summed E-state index contributed by atoms with van der Waals surface area (Å²) in [4.78, 5) is 15.4. The van der Waals surface area contributed by atoms with Crippen LogP contribution in [0.2, 0.25) is 0 Å². The van der Waals surface area contributed by atoms with Crippen LogP contribution < -0.4 is 9.47 Å². The fraction of sp³-hybridized carbons (Fsp3) is 0.308. The number of aryl methyl sites for hydroxylation is 1. The Balaban J connectivity index is 2.16. The minimum atomic E-state index is -0.0156. The first-order chi connectivity index (χ1) is 9.11. The summed E-state index contributed by atoms with van der Waals surface area (Å²) in [5.74, 6) is 1.78. The maximum Gasteiger partial charge on any atom is 0.164 e. The predicted octanol–water partition coefficient (Wildman–Crippen LogP) is 1.61. The second-order valence-electron chi connectivity index (χ2n) is 4.01. The molecule has 0 fully saturated rings. The van der Waals surface area contributed by atoms with Crippen LogP contribution >= 0.6 is 0 Å². The van der Waals surface area contributed by atoms with E-state index in [-0.39, 0.29) is 12.4 Å². The Hall–Kier alpha value is -2.37. The largest absolute Gasteiger partial charge is 0.493 e. The molecule has 6 heteroatoms. The van der Waals surface area contributed by atoms with Crippen molar-refractivity contribution in [2.75, 3.05) is 7.11 Å². The van der Waals surface area contributed by atoms with E-state index in [1.807, 2.05) is 0 Å². The molecule has 0 aliphatic rings. The van der Waals surface area contributed by atoms with Gasteiger partial charge in [0.15, 0.2) is 23.1 Å². The Kier molecular flexibility index (Phi) is 3.79. The third-order valence-corrected chi connectivity index (χ3v) is 2.73. The average molecular weight is 261 g/mol. The van der Waals surface area contributed by atoms with Crippen LogP contribution in [0.5, 0.6) is 11.5 Å². The van der Waals surface area contributed by atoms with E-state index in [0.717, 1.165) is 0 Å². The molecular weight excluding hydrogens is 246 g/mol. The Morgan fingerprint density at radius 1 is 1.37 bits per heavy atom. The van der Waals surface area contributed by atoms with Gasteiger partial charge < -0.3 is 9.47 Å². The molecule has 19 heavy (non-hydrogen) atoms. The quantitative estimate of drug-likeness (QED) is 0.765. The standard InChI is InChI=1S/C13H15N3O3/c1-9(17)10-4-5-11(12(6-10)18-3)19-7-13-14-8-15-16(13)2/h4-6,8H,7H2,1-3H3. The van der Waals surface area contributed by atoms with Gasteiger partial charge in [-0.25, -0.2) is 4.98 Å². The van der Waals surface area contributed by atoms with Gasteiger partial charge in [0.2, 0.25) is 0 Å². The summed E-state index contributed by atoms with van der Waals surface area (Å²) in [7, 11) is 3.33. The minimum absolute atomic E-state index is 0.0156. The van der Waals surface area contributed by atoms with Crippen LogP contribution in [-0.2, 0) is 13.7 Å². The van der Waals surface area contributed by atoms with Gasteiger partial charge in [-0.2, -0.15) is 5.10 Å². The maximum absolute atomic E-state index is 11.3. The highest BCUT2D eigenvalue weighted by molar-refractivity contribution is 5.94. The summed E-state index contributed by atoms with van der Waals surface area (Å²) >= 11 is 0. The van der Waals surface area contributed by atoms with Gasteiger partial charge >= 0.3 is 0 Å². The van der Waals surface area contributed by atoms with E-state index in [1.54, 1.807) is 29.9 Å². The van der Waals surface area contributed by atoms with Crippen LogP contribution in [0.1, 0.15) is 23.1 Å². The van der Waals surface area contributed by atoms with Gasteiger partial charge in [0, 0.05) is 12.6 Å². The SMILES string of the molecule is COc1cc(C(C)=O)ccc1OCc1ncnn1C. The van der Waals surface area contributed by atoms with Crippen LogP contribution in [-0.4, -0.2) is 27.7 Å². The van der Waals surface area contributed by atoms with Crippen molar-refractivity contribution in [3.63, 3.8) is 0 Å². The number of aromatic nitrogens is 3. The number of hydrogen-bond donors (Lipinski definition) is 0. The van der Waals surface area contributed by atoms with Crippen molar-refractivity contribution in [3.8, 4) is 11.5 Å². The zero-order valence-corrected chi connectivity index (χ0v) is 11.1. The second kappa shape index (κ2) is 5.51. The van der Waals surface area contributed by atoms with Crippen LogP contribution in [0.3, 0.4) is 0 Å². The van der Waals surface area contributed by atoms with E-state index in [2.05, 4.69) is 10.1 Å². The van der Waals surface area contributed by atoms with Crippen molar-refractivity contribution >= 4 is 5.78 Å². The number of Topliss-reactive ketones (excluding diaryl/α,β-unsaturated/α-hetero) is 1. The molecule has 0 saturated carbocycles. The van der Waals surface area contributed by atoms with Gasteiger partial charge in [0.1, 0.15) is 12.9 Å². The first-order valence-electron chi connectivity index (χ1n) is 5.76. The van der Waals surface area contributed by atoms with Gasteiger partial charge in [-0.05, 0) is 25.1 Å². The number of ether oxygens (including phenoxy) is 2. The lowest BCUT2D eigenvalue weighted by Gasteiger charge is -2.11. The van der Waals surface area contributed by atoms with E-state index < -0.39 is 0 Å². The summed E-state index contributed by atoms with van der Waals surface area (Å²) < 4.78 is 12.5. The number of rotatable bonds is 5. The Morgan fingerprint density at radius 3 is 2.74 bits per heavy atom. The molecular formula is C13H15N3O3. The van der Waals surface area contributed by atoms with Crippen LogP contribution in [0.4, 0.5) is 0 Å². The lowest BCUT2D eigenvalue weighted by atomic mass is 10.1. The average Bonchev–Trinajstić information content (AvgIpc) is 2.81. The Labute approximate surface area is 111 Å². The number of carbonyl (C=O) groups excluding carboxylic acids is 1. The highest BCUT2D eigenvalue weighted by Crippen LogP contribution is 2.28. The van der Waals surface area contributed by atoms with Crippen molar-refractivity contribution in [1.29, 1.82) is 0 Å². The highest BCUT2D eigenvalue weighted by Gasteiger charge is 2.09. The van der Waals surface area contributed by atoms with Crippen molar-refractivity contribution in [2.45, 2.75) is 13.5 Å². The van der Waals surface area contributed by atoms with Crippen molar-refractivity contribution in [1.82, 2.24) is 14.8 Å². The third kappa shape index (κ3) is 2.90. The Morgan fingerprint density at radius 2 is 2.16 bits per heavy atom. The molecule has 0 spiro atoms. The fourth-order valence-electron chi connectivity index (χ4n) is 1.60. The molecule has 100 valence electrons. The lowest BCUT2D eigenvalue weighted by Crippen LogP contribution is -2.05. The molecule has 0 aliphatic heterocycles. The van der Waals surface area contributed by atoms with Crippen LogP contribution in [0.15, 0.2) is 24.5 Å². The topological polar surface area (TPSA) is 66.2 Å². The van der Waals surface area contributed by atoms with Crippen molar-refractivity contribution in [2.24, 2.45) is 7.05 Å². The molecule has 1 aromatic heterocycles. The van der Waals surface area contributed by atoms with Crippen LogP contribution in [0, 0.1) is 0 Å². The maximum atomic E-state index is 11.3. The number of benzene rings is 1. The predicted molar refractivity (Wildman–Crippen MR) is 68.3 cm³/mol. The van der Waals surface area contributed by atoms with Gasteiger partial charge in [0.25, 0.3) is 0 Å². The number of ketones is 1. The summed E-state index contributed by atoms with van der Waals surface area (Å²) in [5, 5.41) is 3.96. The monoisotopic (exact) mass is 261 g/mol. The summed E-state index contributed by atoms with van der Waals surface area (Å²) in [6, 6.07) is 5.08. The Bertz CT molecular complexity index is 593. The molecule has 0 N–H and O–H groups in total. The summed E-state index contributed by atoms with van der Waals surface area (Å²) in [6.45, 7) is 1.79. The van der Waals surface area contributed by atoms with E-state index in [9.17, 15) is 4.79 Å². The van der Waals surface area contributed by atoms with E-state index in [1.165, 1.54) is 20.4 Å². The molecule has 0 radical (unpaired) electrons. The number of hydrogen-bond acceptors (Lipinski definition) is 5. The molecule has 0 bridgehead atoms. The second-order valence-corrected chi connectivity index (χ2v) is 4.01. The zero-order valence-electron chi connectivity index (χ0n) is 11.1. The van der Waals surface area contributed by atoms with Gasteiger partial charge in [0.05, 0.1) is 7.11 Å². The van der Waals surface area contributed by atoms with Crippen molar-refractivity contribution in [3.05, 3.63) is 35.9 Å². The number of carbonyl (C=O) groups is 1. The third-order valence-electron chi connectivity index (χ3n) is 2.73. The van der Waals surface area contributed by atoms with Gasteiger partial charge in [-0.3, -0.25) is 9.48 Å². The lowest BCUT2D eigenvalue weighted by molar-refractivity contribution is 0.101. The molecule has 0 unspecified atom stereocenters. The van der Waals surface area contributed by atoms with Gasteiger partial charge in [-0.1, -0.05) is 0 Å². The molecule has 0 atom stereocenters. The zero-order chi connectivity index (χ0) is 13.8. The molecule has 1 heterocycles. The first kappa shape index (κ1) is 13.1. The molecule has 2 rings (SSSR count). The molecule has 6 nitrogen and oxygen atoms in total. The molecule has 0 aliphatic carbocycles. The first-order valence-corrected chi connectivity index (χ1v) is 5.76. The summed E-state index contributed by atoms with van der Waals surface area (Å²) in [5.41, 5.74) is 0.586. The van der Waals surface area contributed by atoms with E-state index in [0.29, 0.717) is 22.9 Å². The van der Waals surface area contributed by atoms with Crippen molar-refractivity contribution < 1.29 is 14.3 Å². The number of methoxy groups -OCH3 is 1. The minimum Gasteiger partial charge on any atom is -0.493 e. The van der Waals surface area contributed by atoms with Gasteiger partial charge in [-0.15, -0.1) is 0 Å². The normalized spacial score (nSPS) is 10.3. The molecule has 2 aromatic rings. The fourth-order valence-corrected chi connectivity index (χ4v) is 1.60. The molecule has 1 aromatic carbocycles. The van der Waals surface area contributed by atoms with Crippen LogP contribution in [0.25, 0.3) is 0 Å². The smallest absolute Gasteiger partial charge is 0.164 e. The highest BCUT2D eigenvalue weighted by atomic mass is 16.5. The molecule has 0 saturated heterocycles. The number of nitrogens with zero attached hydrogens (tertiary/aromatic N) is 3. The van der Waals surface area contributed by atoms with E-state index >= 15 is 0 Å². The summed E-state index contributed by atoms with van der Waals surface area (Å²) in [6.07, 6.45) is 1.47. The van der Waals surface area contributed by atoms with E-state index in [4.69, 9.17) is 9.47 Å².